The van der Waals surface area contributed by atoms with Crippen molar-refractivity contribution in [2.75, 3.05) is 0 Å². The molecule has 0 bridgehead atoms. The number of ketones is 1. The Balaban J connectivity index is 0.000000166. The largest absolute Gasteiger partial charge is 0.347 e. The summed E-state index contributed by atoms with van der Waals surface area (Å²) in [6, 6.07) is 8.17. The summed E-state index contributed by atoms with van der Waals surface area (Å²) < 4.78 is 4.27. The van der Waals surface area contributed by atoms with E-state index in [0.717, 1.165) is 36.2 Å². The van der Waals surface area contributed by atoms with Crippen LogP contribution < -0.4 is 0 Å². The highest BCUT2D eigenvalue weighted by molar-refractivity contribution is 6.10. The summed E-state index contributed by atoms with van der Waals surface area (Å²) in [5.41, 5.74) is 3.37. The number of Topliss-reactive ketones (excluding diaryl/α,β-unsaturated/α-hetero) is 1. The van der Waals surface area contributed by atoms with Gasteiger partial charge in [0.1, 0.15) is 5.82 Å². The summed E-state index contributed by atoms with van der Waals surface area (Å²) in [7, 11) is 2.06. The number of para-hydroxylation sites is 1. The molecule has 0 radical (unpaired) electrons. The highest BCUT2D eigenvalue weighted by Gasteiger charge is 2.23. The first kappa shape index (κ1) is 15.5. The maximum Gasteiger partial charge on any atom is 0.165 e. The van der Waals surface area contributed by atoms with E-state index < -0.39 is 0 Å². The Kier molecular flexibility index (Phi) is 4.33. The van der Waals surface area contributed by atoms with Gasteiger partial charge in [-0.15, -0.1) is 0 Å². The van der Waals surface area contributed by atoms with Gasteiger partial charge in [-0.05, 0) is 32.8 Å². The Bertz CT molecular complexity index is 842. The first-order valence-electron chi connectivity index (χ1n) is 8.20. The monoisotopic (exact) mass is 309 g/mol. The SMILES string of the molecule is CCn1ccnc1C.Cn1c2c(c3ccccc31)C(=O)CCC2. The molecule has 0 amide bonds. The van der Waals surface area contributed by atoms with Crippen molar-refractivity contribution in [3.63, 3.8) is 0 Å². The number of hydrogen-bond acceptors (Lipinski definition) is 2. The van der Waals surface area contributed by atoms with Gasteiger partial charge in [0.2, 0.25) is 0 Å². The maximum absolute atomic E-state index is 11.9. The van der Waals surface area contributed by atoms with E-state index in [9.17, 15) is 4.79 Å². The van der Waals surface area contributed by atoms with Crippen LogP contribution in [0.15, 0.2) is 36.7 Å². The number of aryl methyl sites for hydroxylation is 3. The average Bonchev–Trinajstić information content (AvgIpc) is 3.11. The second-order valence-corrected chi connectivity index (χ2v) is 5.94. The highest BCUT2D eigenvalue weighted by Crippen LogP contribution is 2.30. The zero-order chi connectivity index (χ0) is 16.4. The van der Waals surface area contributed by atoms with Gasteiger partial charge in [-0.3, -0.25) is 4.79 Å². The summed E-state index contributed by atoms with van der Waals surface area (Å²) in [5.74, 6) is 1.40. The van der Waals surface area contributed by atoms with Crippen LogP contribution in [0.2, 0.25) is 0 Å². The van der Waals surface area contributed by atoms with Gasteiger partial charge < -0.3 is 9.13 Å². The van der Waals surface area contributed by atoms with E-state index in [0.29, 0.717) is 12.2 Å². The van der Waals surface area contributed by atoms with Crippen LogP contribution in [-0.2, 0) is 20.0 Å². The van der Waals surface area contributed by atoms with E-state index in [1.54, 1.807) is 0 Å². The molecule has 0 spiro atoms. The minimum absolute atomic E-state index is 0.313. The van der Waals surface area contributed by atoms with Gasteiger partial charge >= 0.3 is 0 Å². The van der Waals surface area contributed by atoms with E-state index in [2.05, 4.69) is 40.2 Å². The molecule has 0 fully saturated rings. The minimum Gasteiger partial charge on any atom is -0.347 e. The Labute approximate surface area is 136 Å². The van der Waals surface area contributed by atoms with Crippen molar-refractivity contribution in [2.24, 2.45) is 7.05 Å². The standard InChI is InChI=1S/C13H13NO.C6H10N2/c1-14-10-6-3-2-5-9(10)13-11(14)7-4-8-12(13)15;1-3-8-5-4-7-6(8)2/h2-3,5-6H,4,7-8H2,1H3;4-5H,3H2,1-2H3. The van der Waals surface area contributed by atoms with Crippen LogP contribution >= 0.6 is 0 Å². The maximum atomic E-state index is 11.9. The van der Waals surface area contributed by atoms with Gasteiger partial charge in [-0.1, -0.05) is 18.2 Å². The third-order valence-electron chi connectivity index (χ3n) is 4.59. The molecule has 3 aromatic rings. The molecule has 0 atom stereocenters. The second kappa shape index (κ2) is 6.41. The van der Waals surface area contributed by atoms with Crippen molar-refractivity contribution < 1.29 is 4.79 Å². The molecular weight excluding hydrogens is 286 g/mol. The summed E-state index contributed by atoms with van der Waals surface area (Å²) in [4.78, 5) is 15.9. The lowest BCUT2D eigenvalue weighted by atomic mass is 9.94. The molecule has 1 aliphatic carbocycles. The Morgan fingerprint density at radius 2 is 2.00 bits per heavy atom. The lowest BCUT2D eigenvalue weighted by Gasteiger charge is -2.11. The lowest BCUT2D eigenvalue weighted by molar-refractivity contribution is 0.0973. The molecule has 0 aliphatic heterocycles. The van der Waals surface area contributed by atoms with Crippen LogP contribution in [0.4, 0.5) is 0 Å². The summed E-state index contributed by atoms with van der Waals surface area (Å²) >= 11 is 0. The van der Waals surface area contributed by atoms with E-state index >= 15 is 0 Å². The number of benzene rings is 1. The third kappa shape index (κ3) is 2.81. The Hall–Kier alpha value is -2.36. The molecule has 4 rings (SSSR count). The topological polar surface area (TPSA) is 39.8 Å². The van der Waals surface area contributed by atoms with E-state index in [4.69, 9.17) is 0 Å². The van der Waals surface area contributed by atoms with Crippen molar-refractivity contribution in [1.29, 1.82) is 0 Å². The van der Waals surface area contributed by atoms with Gasteiger partial charge in [0, 0.05) is 54.6 Å². The number of imidazole rings is 1. The Morgan fingerprint density at radius 1 is 1.22 bits per heavy atom. The van der Waals surface area contributed by atoms with Crippen LogP contribution in [0.1, 0.15) is 41.6 Å². The molecule has 120 valence electrons. The Morgan fingerprint density at radius 3 is 2.65 bits per heavy atom. The van der Waals surface area contributed by atoms with Crippen molar-refractivity contribution in [2.45, 2.75) is 39.7 Å². The molecular formula is C19H23N3O. The number of hydrogen-bond donors (Lipinski definition) is 0. The van der Waals surface area contributed by atoms with Crippen LogP contribution in [0, 0.1) is 6.92 Å². The molecule has 23 heavy (non-hydrogen) atoms. The van der Waals surface area contributed by atoms with Gasteiger partial charge in [0.05, 0.1) is 0 Å². The number of carbonyl (C=O) groups excluding carboxylic acids is 1. The summed E-state index contributed by atoms with van der Waals surface area (Å²) in [6.07, 6.45) is 6.54. The lowest BCUT2D eigenvalue weighted by Crippen LogP contribution is -2.11. The molecule has 2 heterocycles. The first-order valence-corrected chi connectivity index (χ1v) is 8.20. The van der Waals surface area contributed by atoms with Crippen LogP contribution in [0.25, 0.3) is 10.9 Å². The quantitative estimate of drug-likeness (QED) is 0.684. The minimum atomic E-state index is 0.313. The third-order valence-corrected chi connectivity index (χ3v) is 4.59. The number of nitrogens with zero attached hydrogens (tertiary/aromatic N) is 3. The van der Waals surface area contributed by atoms with Crippen molar-refractivity contribution >= 4 is 16.7 Å². The van der Waals surface area contributed by atoms with E-state index in [1.165, 1.54) is 11.2 Å². The highest BCUT2D eigenvalue weighted by atomic mass is 16.1. The van der Waals surface area contributed by atoms with E-state index in [-0.39, 0.29) is 0 Å². The predicted octanol–water partition coefficient (Wildman–Crippen LogP) is 3.91. The number of aromatic nitrogens is 3. The molecule has 4 heteroatoms. The molecule has 0 saturated heterocycles. The molecule has 0 unspecified atom stereocenters. The number of fused-ring (bicyclic) bond motifs is 3. The first-order chi connectivity index (χ1) is 11.1. The predicted molar refractivity (Wildman–Crippen MR) is 92.8 cm³/mol. The van der Waals surface area contributed by atoms with Crippen molar-refractivity contribution in [3.8, 4) is 0 Å². The van der Waals surface area contributed by atoms with Gasteiger partial charge in [-0.25, -0.2) is 4.98 Å². The van der Waals surface area contributed by atoms with Crippen LogP contribution in [-0.4, -0.2) is 19.9 Å². The zero-order valence-electron chi connectivity index (χ0n) is 14.0. The smallest absolute Gasteiger partial charge is 0.165 e. The van der Waals surface area contributed by atoms with E-state index in [1.807, 2.05) is 31.5 Å². The fourth-order valence-corrected chi connectivity index (χ4v) is 3.33. The fourth-order valence-electron chi connectivity index (χ4n) is 3.33. The average molecular weight is 309 g/mol. The van der Waals surface area contributed by atoms with Crippen molar-refractivity contribution in [1.82, 2.24) is 14.1 Å². The molecule has 1 aliphatic rings. The molecule has 2 aromatic heterocycles. The molecule has 4 nitrogen and oxygen atoms in total. The van der Waals surface area contributed by atoms with Gasteiger partial charge in [-0.2, -0.15) is 0 Å². The zero-order valence-corrected chi connectivity index (χ0v) is 14.0. The molecule has 0 saturated carbocycles. The normalized spacial score (nSPS) is 13.6. The number of carbonyl (C=O) groups is 1. The van der Waals surface area contributed by atoms with Gasteiger partial charge in [0.15, 0.2) is 5.78 Å². The van der Waals surface area contributed by atoms with Gasteiger partial charge in [0.25, 0.3) is 0 Å². The fraction of sp³-hybridized carbons (Fsp3) is 0.368. The van der Waals surface area contributed by atoms with Crippen molar-refractivity contribution in [3.05, 3.63) is 53.7 Å². The molecule has 1 aromatic carbocycles. The second-order valence-electron chi connectivity index (χ2n) is 5.94. The van der Waals surface area contributed by atoms with Crippen LogP contribution in [0.3, 0.4) is 0 Å². The summed E-state index contributed by atoms with van der Waals surface area (Å²) in [5, 5.41) is 1.12. The van der Waals surface area contributed by atoms with Crippen LogP contribution in [0.5, 0.6) is 0 Å². The molecule has 0 N–H and O–H groups in total. The summed E-state index contributed by atoms with van der Waals surface area (Å²) in [6.45, 7) is 5.13. The number of rotatable bonds is 1.